The predicted molar refractivity (Wildman–Crippen MR) is 97.7 cm³/mol. The molecular weight excluding hydrogens is 316 g/mol. The van der Waals surface area contributed by atoms with Crippen LogP contribution in [0.15, 0.2) is 18.2 Å². The normalized spacial score (nSPS) is 27.2. The van der Waals surface area contributed by atoms with Gasteiger partial charge < -0.3 is 14.6 Å². The first-order chi connectivity index (χ1) is 11.7. The molecule has 3 rings (SSSR count). The van der Waals surface area contributed by atoms with Crippen LogP contribution >= 0.6 is 0 Å². The fourth-order valence-electron chi connectivity index (χ4n) is 4.01. The van der Waals surface area contributed by atoms with Crippen molar-refractivity contribution in [1.29, 1.82) is 0 Å². The maximum Gasteiger partial charge on any atom is 0.172 e. The summed E-state index contributed by atoms with van der Waals surface area (Å²) in [5.41, 5.74) is 0.693. The van der Waals surface area contributed by atoms with Gasteiger partial charge in [0.15, 0.2) is 5.78 Å². The van der Waals surface area contributed by atoms with E-state index in [0.717, 1.165) is 12.0 Å². The standard InChI is InChI=1S/C21H28O4/c1-11(2)13-7-8-21(5)14(9-13)17-16(24-6)10-15(22)18(20(17)25-21)19(23)12(3)4/h7-8,10-14,22H,9H2,1-6H3/t13-,14-,21-/m0/s1. The van der Waals surface area contributed by atoms with Gasteiger partial charge in [0.1, 0.15) is 28.4 Å². The van der Waals surface area contributed by atoms with Crippen LogP contribution in [0.3, 0.4) is 0 Å². The first-order valence-corrected chi connectivity index (χ1v) is 9.06. The molecule has 0 radical (unpaired) electrons. The van der Waals surface area contributed by atoms with E-state index in [1.165, 1.54) is 0 Å². The van der Waals surface area contributed by atoms with E-state index in [4.69, 9.17) is 9.47 Å². The number of Topliss-reactive ketones (excluding diaryl/α,β-unsaturated/α-hetero) is 1. The molecule has 1 heterocycles. The summed E-state index contributed by atoms with van der Waals surface area (Å²) in [6, 6.07) is 1.56. The maximum atomic E-state index is 12.7. The zero-order valence-corrected chi connectivity index (χ0v) is 15.9. The van der Waals surface area contributed by atoms with Gasteiger partial charge in [-0.25, -0.2) is 0 Å². The van der Waals surface area contributed by atoms with E-state index in [-0.39, 0.29) is 28.9 Å². The number of rotatable bonds is 4. The quantitative estimate of drug-likeness (QED) is 0.635. The van der Waals surface area contributed by atoms with E-state index < -0.39 is 5.60 Å². The van der Waals surface area contributed by atoms with Gasteiger partial charge in [-0.15, -0.1) is 0 Å². The van der Waals surface area contributed by atoms with Gasteiger partial charge in [0.25, 0.3) is 0 Å². The van der Waals surface area contributed by atoms with Crippen molar-refractivity contribution in [3.63, 3.8) is 0 Å². The topological polar surface area (TPSA) is 55.8 Å². The highest BCUT2D eigenvalue weighted by Gasteiger charge is 2.50. The molecule has 1 aliphatic heterocycles. The van der Waals surface area contributed by atoms with Gasteiger partial charge in [-0.2, -0.15) is 0 Å². The van der Waals surface area contributed by atoms with Crippen molar-refractivity contribution in [2.24, 2.45) is 17.8 Å². The molecule has 0 unspecified atom stereocenters. The van der Waals surface area contributed by atoms with Crippen LogP contribution in [-0.4, -0.2) is 23.6 Å². The Kier molecular flexibility index (Phi) is 4.34. The minimum absolute atomic E-state index is 0.0686. The Labute approximate surface area is 149 Å². The number of aromatic hydroxyl groups is 1. The van der Waals surface area contributed by atoms with Gasteiger partial charge in [-0.3, -0.25) is 4.79 Å². The Morgan fingerprint density at radius 3 is 2.60 bits per heavy atom. The lowest BCUT2D eigenvalue weighted by molar-refractivity contribution is 0.0916. The number of carbonyl (C=O) groups excluding carboxylic acids is 1. The van der Waals surface area contributed by atoms with Crippen molar-refractivity contribution in [3.05, 3.63) is 29.3 Å². The second-order valence-electron chi connectivity index (χ2n) is 8.08. The smallest absolute Gasteiger partial charge is 0.172 e. The minimum atomic E-state index is -0.513. The number of allylic oxidation sites excluding steroid dienone is 1. The Morgan fingerprint density at radius 1 is 1.36 bits per heavy atom. The fraction of sp³-hybridized carbons (Fsp3) is 0.571. The number of hydrogen-bond acceptors (Lipinski definition) is 4. The Bertz CT molecular complexity index is 732. The summed E-state index contributed by atoms with van der Waals surface area (Å²) in [6.45, 7) is 10.1. The third kappa shape index (κ3) is 2.72. The highest BCUT2D eigenvalue weighted by Crippen LogP contribution is 2.57. The van der Waals surface area contributed by atoms with Gasteiger partial charge in [-0.05, 0) is 31.3 Å². The largest absolute Gasteiger partial charge is 0.507 e. The molecule has 0 aromatic heterocycles. The molecule has 1 N–H and O–H groups in total. The number of ether oxygens (including phenoxy) is 2. The number of ketones is 1. The van der Waals surface area contributed by atoms with Crippen molar-refractivity contribution in [3.8, 4) is 17.2 Å². The Balaban J connectivity index is 2.20. The van der Waals surface area contributed by atoms with E-state index >= 15 is 0 Å². The van der Waals surface area contributed by atoms with E-state index in [2.05, 4.69) is 26.0 Å². The third-order valence-electron chi connectivity index (χ3n) is 5.65. The molecular formula is C21H28O4. The van der Waals surface area contributed by atoms with Gasteiger partial charge in [0.2, 0.25) is 0 Å². The van der Waals surface area contributed by atoms with Crippen molar-refractivity contribution in [2.75, 3.05) is 7.11 Å². The van der Waals surface area contributed by atoms with Gasteiger partial charge >= 0.3 is 0 Å². The molecule has 0 amide bonds. The summed E-state index contributed by atoms with van der Waals surface area (Å²) in [5, 5.41) is 10.5. The highest BCUT2D eigenvalue weighted by molar-refractivity contribution is 6.03. The molecule has 1 aromatic carbocycles. The van der Waals surface area contributed by atoms with E-state index in [1.54, 1.807) is 13.2 Å². The first kappa shape index (κ1) is 17.8. The second-order valence-corrected chi connectivity index (χ2v) is 8.08. The molecule has 2 aliphatic rings. The van der Waals surface area contributed by atoms with Crippen LogP contribution in [0.2, 0.25) is 0 Å². The lowest BCUT2D eigenvalue weighted by atomic mass is 9.71. The number of benzene rings is 1. The molecule has 0 saturated carbocycles. The second kappa shape index (κ2) is 6.08. The zero-order valence-electron chi connectivity index (χ0n) is 15.9. The van der Waals surface area contributed by atoms with Crippen LogP contribution in [0.25, 0.3) is 0 Å². The molecule has 1 aromatic rings. The summed E-state index contributed by atoms with van der Waals surface area (Å²) >= 11 is 0. The van der Waals surface area contributed by atoms with E-state index in [9.17, 15) is 9.90 Å². The third-order valence-corrected chi connectivity index (χ3v) is 5.65. The monoisotopic (exact) mass is 344 g/mol. The molecule has 3 atom stereocenters. The molecule has 0 bridgehead atoms. The van der Waals surface area contributed by atoms with Crippen molar-refractivity contribution in [1.82, 2.24) is 0 Å². The summed E-state index contributed by atoms with van der Waals surface area (Å²) in [6.07, 6.45) is 5.28. The van der Waals surface area contributed by atoms with Gasteiger partial charge in [0.05, 0.1) is 7.11 Å². The number of phenolic OH excluding ortho intramolecular Hbond substituents is 1. The molecule has 4 nitrogen and oxygen atoms in total. The fourth-order valence-corrected chi connectivity index (χ4v) is 4.01. The first-order valence-electron chi connectivity index (χ1n) is 9.06. The zero-order chi connectivity index (χ0) is 18.5. The number of hydrogen-bond donors (Lipinski definition) is 1. The Hall–Kier alpha value is -1.97. The predicted octanol–water partition coefficient (Wildman–Crippen LogP) is 4.71. The SMILES string of the molecule is COc1cc(O)c(C(=O)C(C)C)c2c1[C@@H]1C[C@@H](C(C)C)C=C[C@]1(C)O2. The molecule has 1 aliphatic carbocycles. The van der Waals surface area contributed by atoms with Crippen LogP contribution in [0.5, 0.6) is 17.2 Å². The van der Waals surface area contributed by atoms with Crippen LogP contribution in [-0.2, 0) is 0 Å². The average molecular weight is 344 g/mol. The van der Waals surface area contributed by atoms with Crippen molar-refractivity contribution in [2.45, 2.75) is 52.6 Å². The average Bonchev–Trinajstić information content (AvgIpc) is 2.85. The molecule has 0 saturated heterocycles. The lowest BCUT2D eigenvalue weighted by Crippen LogP contribution is -2.36. The van der Waals surface area contributed by atoms with E-state index in [1.807, 2.05) is 20.8 Å². The number of fused-ring (bicyclic) bond motifs is 3. The molecule has 136 valence electrons. The van der Waals surface area contributed by atoms with E-state index in [0.29, 0.717) is 23.3 Å². The van der Waals surface area contributed by atoms with Crippen LogP contribution < -0.4 is 9.47 Å². The molecule has 4 heteroatoms. The highest BCUT2D eigenvalue weighted by atomic mass is 16.5. The summed E-state index contributed by atoms with van der Waals surface area (Å²) < 4.78 is 11.9. The molecule has 0 spiro atoms. The number of phenols is 1. The number of carbonyl (C=O) groups is 1. The van der Waals surface area contributed by atoms with Gasteiger partial charge in [0, 0.05) is 23.5 Å². The van der Waals surface area contributed by atoms with Crippen LogP contribution in [0, 0.1) is 17.8 Å². The summed E-state index contributed by atoms with van der Waals surface area (Å²) in [7, 11) is 1.59. The summed E-state index contributed by atoms with van der Waals surface area (Å²) in [5.74, 6) is 1.79. The maximum absolute atomic E-state index is 12.7. The van der Waals surface area contributed by atoms with Crippen molar-refractivity contribution >= 4 is 5.78 Å². The minimum Gasteiger partial charge on any atom is -0.507 e. The Morgan fingerprint density at radius 2 is 2.04 bits per heavy atom. The molecule has 25 heavy (non-hydrogen) atoms. The summed E-state index contributed by atoms with van der Waals surface area (Å²) in [4.78, 5) is 12.7. The van der Waals surface area contributed by atoms with Crippen LogP contribution in [0.1, 0.15) is 62.9 Å². The molecule has 0 fully saturated rings. The number of methoxy groups -OCH3 is 1. The van der Waals surface area contributed by atoms with Crippen LogP contribution in [0.4, 0.5) is 0 Å². The lowest BCUT2D eigenvalue weighted by Gasteiger charge is -2.35. The van der Waals surface area contributed by atoms with Gasteiger partial charge in [-0.1, -0.05) is 33.8 Å². The van der Waals surface area contributed by atoms with Crippen molar-refractivity contribution < 1.29 is 19.4 Å².